The molecule has 2 aromatic rings. The normalized spacial score (nSPS) is 13.8. The Labute approximate surface area is 125 Å². The zero-order valence-corrected chi connectivity index (χ0v) is 12.6. The number of nitrogens with zero attached hydrogens (tertiary/aromatic N) is 2. The number of para-hydroxylation sites is 1. The molecule has 2 heterocycles. The van der Waals surface area contributed by atoms with Crippen LogP contribution in [-0.2, 0) is 19.4 Å². The highest BCUT2D eigenvalue weighted by atomic mass is 16.5. The maximum Gasteiger partial charge on any atom is 0.163 e. The van der Waals surface area contributed by atoms with Gasteiger partial charge >= 0.3 is 0 Å². The number of fused-ring (bicyclic) bond motifs is 1. The molecule has 0 bridgehead atoms. The minimum Gasteiger partial charge on any atom is -0.493 e. The van der Waals surface area contributed by atoms with Crippen LogP contribution in [0.1, 0.15) is 30.8 Å². The van der Waals surface area contributed by atoms with Crippen LogP contribution in [-0.4, -0.2) is 23.1 Å². The Kier molecular flexibility index (Phi) is 4.15. The van der Waals surface area contributed by atoms with Gasteiger partial charge < -0.3 is 10.1 Å². The average molecular weight is 283 g/mol. The number of benzene rings is 1. The molecule has 0 saturated carbocycles. The van der Waals surface area contributed by atoms with Crippen molar-refractivity contribution in [2.45, 2.75) is 33.2 Å². The Bertz CT molecular complexity index is 623. The van der Waals surface area contributed by atoms with Crippen molar-refractivity contribution in [1.29, 1.82) is 0 Å². The van der Waals surface area contributed by atoms with Gasteiger partial charge in [0.05, 0.1) is 17.9 Å². The summed E-state index contributed by atoms with van der Waals surface area (Å²) in [6.45, 7) is 6.65. The first-order valence-electron chi connectivity index (χ1n) is 7.65. The van der Waals surface area contributed by atoms with Gasteiger partial charge in [-0.15, -0.1) is 0 Å². The molecule has 0 unspecified atom stereocenters. The molecule has 21 heavy (non-hydrogen) atoms. The van der Waals surface area contributed by atoms with E-state index in [1.54, 1.807) is 0 Å². The minimum absolute atomic E-state index is 0.645. The summed E-state index contributed by atoms with van der Waals surface area (Å²) in [6, 6.07) is 8.01. The quantitative estimate of drug-likeness (QED) is 0.937. The van der Waals surface area contributed by atoms with Crippen molar-refractivity contribution in [3.63, 3.8) is 0 Å². The maximum atomic E-state index is 5.72. The van der Waals surface area contributed by atoms with Gasteiger partial charge in [0.1, 0.15) is 5.75 Å². The van der Waals surface area contributed by atoms with Gasteiger partial charge in [-0.2, -0.15) is 0 Å². The molecule has 3 rings (SSSR count). The van der Waals surface area contributed by atoms with Crippen molar-refractivity contribution < 1.29 is 4.74 Å². The van der Waals surface area contributed by atoms with Crippen molar-refractivity contribution in [2.75, 3.05) is 13.2 Å². The van der Waals surface area contributed by atoms with Crippen LogP contribution in [0.4, 0.5) is 0 Å². The Hall–Kier alpha value is -1.94. The fourth-order valence-corrected chi connectivity index (χ4v) is 2.76. The van der Waals surface area contributed by atoms with Gasteiger partial charge in [-0.05, 0) is 25.5 Å². The van der Waals surface area contributed by atoms with Gasteiger partial charge in [-0.1, -0.05) is 19.1 Å². The zero-order chi connectivity index (χ0) is 14.7. The van der Waals surface area contributed by atoms with E-state index >= 15 is 0 Å². The topological polar surface area (TPSA) is 47.0 Å². The smallest absolute Gasteiger partial charge is 0.163 e. The summed E-state index contributed by atoms with van der Waals surface area (Å²) >= 11 is 0. The van der Waals surface area contributed by atoms with Crippen molar-refractivity contribution in [1.82, 2.24) is 15.3 Å². The van der Waals surface area contributed by atoms with E-state index in [2.05, 4.69) is 12.2 Å². The molecule has 0 aliphatic carbocycles. The first-order valence-corrected chi connectivity index (χ1v) is 7.65. The summed E-state index contributed by atoms with van der Waals surface area (Å²) in [6.07, 6.45) is 1.89. The van der Waals surface area contributed by atoms with Crippen molar-refractivity contribution in [2.24, 2.45) is 0 Å². The second-order valence-electron chi connectivity index (χ2n) is 5.13. The van der Waals surface area contributed by atoms with E-state index in [0.29, 0.717) is 6.61 Å². The van der Waals surface area contributed by atoms with E-state index < -0.39 is 0 Å². The lowest BCUT2D eigenvalue weighted by molar-refractivity contribution is 0.341. The Morgan fingerprint density at radius 1 is 1.19 bits per heavy atom. The molecule has 0 atom stereocenters. The summed E-state index contributed by atoms with van der Waals surface area (Å²) in [7, 11) is 0. The molecule has 0 radical (unpaired) electrons. The highest BCUT2D eigenvalue weighted by molar-refractivity contribution is 5.64. The molecule has 1 aliphatic heterocycles. The summed E-state index contributed by atoms with van der Waals surface area (Å²) in [5, 5.41) is 3.40. The Morgan fingerprint density at radius 2 is 2.05 bits per heavy atom. The summed E-state index contributed by atoms with van der Waals surface area (Å²) in [4.78, 5) is 9.59. The van der Waals surface area contributed by atoms with E-state index in [1.165, 1.54) is 11.3 Å². The first kappa shape index (κ1) is 14.0. The van der Waals surface area contributed by atoms with Crippen LogP contribution < -0.4 is 10.1 Å². The average Bonchev–Trinajstić information content (AvgIpc) is 2.54. The first-order chi connectivity index (χ1) is 10.3. The van der Waals surface area contributed by atoms with E-state index in [4.69, 9.17) is 14.7 Å². The van der Waals surface area contributed by atoms with E-state index in [-0.39, 0.29) is 0 Å². The van der Waals surface area contributed by atoms with E-state index in [1.807, 2.05) is 31.2 Å². The number of aryl methyl sites for hydroxylation is 1. The van der Waals surface area contributed by atoms with Crippen molar-refractivity contribution in [3.8, 4) is 17.1 Å². The predicted octanol–water partition coefficient (Wildman–Crippen LogP) is 2.75. The fourth-order valence-electron chi connectivity index (χ4n) is 2.76. The third-order valence-corrected chi connectivity index (χ3v) is 3.78. The molecule has 110 valence electrons. The molecular weight excluding hydrogens is 262 g/mol. The third kappa shape index (κ3) is 2.76. The number of aromatic nitrogens is 2. The Morgan fingerprint density at radius 3 is 2.86 bits per heavy atom. The lowest BCUT2D eigenvalue weighted by Gasteiger charge is -2.20. The van der Waals surface area contributed by atoms with Gasteiger partial charge in [0.15, 0.2) is 5.82 Å². The molecule has 1 aliphatic rings. The van der Waals surface area contributed by atoms with Crippen LogP contribution in [0.3, 0.4) is 0 Å². The molecule has 0 saturated heterocycles. The molecule has 1 N–H and O–H groups in total. The molecule has 1 aromatic heterocycles. The van der Waals surface area contributed by atoms with Crippen molar-refractivity contribution in [3.05, 3.63) is 41.2 Å². The molecule has 0 fully saturated rings. The van der Waals surface area contributed by atoms with Crippen LogP contribution in [0, 0.1) is 0 Å². The lowest BCUT2D eigenvalue weighted by atomic mass is 10.0. The van der Waals surface area contributed by atoms with Crippen LogP contribution in [0.2, 0.25) is 0 Å². The SMILES string of the molecule is CCOc1ccccc1-c1nc(CC)c2c(n1)CCNC2. The molecule has 0 amide bonds. The standard InChI is InChI=1S/C17H21N3O/c1-3-14-13-11-18-10-9-15(13)20-17(19-14)12-7-5-6-8-16(12)21-4-2/h5-8,18H,3-4,9-11H2,1-2H3. The number of hydrogen-bond donors (Lipinski definition) is 1. The van der Waals surface area contributed by atoms with E-state index in [9.17, 15) is 0 Å². The summed E-state index contributed by atoms with van der Waals surface area (Å²) in [5.74, 6) is 1.65. The number of rotatable bonds is 4. The highest BCUT2D eigenvalue weighted by Crippen LogP contribution is 2.29. The monoisotopic (exact) mass is 283 g/mol. The van der Waals surface area contributed by atoms with Gasteiger partial charge in [0.25, 0.3) is 0 Å². The highest BCUT2D eigenvalue weighted by Gasteiger charge is 2.18. The van der Waals surface area contributed by atoms with Gasteiger partial charge in [0, 0.05) is 30.8 Å². The van der Waals surface area contributed by atoms with Crippen molar-refractivity contribution >= 4 is 0 Å². The van der Waals surface area contributed by atoms with Gasteiger partial charge in [-0.3, -0.25) is 0 Å². The third-order valence-electron chi connectivity index (χ3n) is 3.78. The van der Waals surface area contributed by atoms with E-state index in [0.717, 1.165) is 48.8 Å². The predicted molar refractivity (Wildman–Crippen MR) is 83.4 cm³/mol. The van der Waals surface area contributed by atoms with Crippen LogP contribution >= 0.6 is 0 Å². The molecule has 0 spiro atoms. The molecule has 4 nitrogen and oxygen atoms in total. The van der Waals surface area contributed by atoms with Crippen LogP contribution in [0.15, 0.2) is 24.3 Å². The largest absolute Gasteiger partial charge is 0.493 e. The maximum absolute atomic E-state index is 5.72. The number of nitrogens with one attached hydrogen (secondary N) is 1. The molecule has 4 heteroatoms. The lowest BCUT2D eigenvalue weighted by Crippen LogP contribution is -2.26. The molecule has 1 aromatic carbocycles. The fraction of sp³-hybridized carbons (Fsp3) is 0.412. The Balaban J connectivity index is 2.10. The minimum atomic E-state index is 0.645. The second kappa shape index (κ2) is 6.22. The van der Waals surface area contributed by atoms with Gasteiger partial charge in [-0.25, -0.2) is 9.97 Å². The van der Waals surface area contributed by atoms with Crippen LogP contribution in [0.5, 0.6) is 5.75 Å². The summed E-state index contributed by atoms with van der Waals surface area (Å²) in [5.41, 5.74) is 4.59. The number of ether oxygens (including phenoxy) is 1. The summed E-state index contributed by atoms with van der Waals surface area (Å²) < 4.78 is 5.72. The van der Waals surface area contributed by atoms with Gasteiger partial charge in [0.2, 0.25) is 0 Å². The zero-order valence-electron chi connectivity index (χ0n) is 12.6. The second-order valence-corrected chi connectivity index (χ2v) is 5.13. The molecular formula is C17H21N3O. The van der Waals surface area contributed by atoms with Crippen LogP contribution in [0.25, 0.3) is 11.4 Å². The number of hydrogen-bond acceptors (Lipinski definition) is 4.